The lowest BCUT2D eigenvalue weighted by Crippen LogP contribution is -2.33. The number of carbonyl (C=O) groups is 1. The van der Waals surface area contributed by atoms with E-state index in [-0.39, 0.29) is 30.1 Å². The first-order valence-corrected chi connectivity index (χ1v) is 7.84. The first kappa shape index (κ1) is 19.2. The van der Waals surface area contributed by atoms with Crippen LogP contribution in [0, 0.1) is 11.3 Å². The first-order valence-electron chi connectivity index (χ1n) is 7.46. The average Bonchev–Trinajstić information content (AvgIpc) is 2.64. The van der Waals surface area contributed by atoms with E-state index in [1.54, 1.807) is 18.2 Å². The van der Waals surface area contributed by atoms with Crippen molar-refractivity contribution in [2.45, 2.75) is 6.10 Å². The van der Waals surface area contributed by atoms with E-state index in [9.17, 15) is 4.79 Å². The maximum absolute atomic E-state index is 12.2. The van der Waals surface area contributed by atoms with E-state index in [1.165, 1.54) is 12.3 Å². The van der Waals surface area contributed by atoms with Gasteiger partial charge in [-0.05, 0) is 29.8 Å². The molecule has 2 heterocycles. The number of morpholine rings is 1. The summed E-state index contributed by atoms with van der Waals surface area (Å²) in [5.74, 6) is -0.336. The molecule has 1 fully saturated rings. The molecule has 2 aromatic rings. The molecule has 1 saturated heterocycles. The minimum atomic E-state index is -0.336. The lowest BCUT2D eigenvalue weighted by Gasteiger charge is -2.24. The van der Waals surface area contributed by atoms with Gasteiger partial charge in [0.05, 0.1) is 29.0 Å². The zero-order valence-corrected chi connectivity index (χ0v) is 14.7. The van der Waals surface area contributed by atoms with Crippen LogP contribution in [-0.2, 0) is 4.74 Å². The van der Waals surface area contributed by atoms with Gasteiger partial charge in [0.25, 0.3) is 5.91 Å². The monoisotopic (exact) mass is 378 g/mol. The Morgan fingerprint density at radius 3 is 2.84 bits per heavy atom. The number of nitrogens with one attached hydrogen (secondary N) is 2. The minimum absolute atomic E-state index is 0. The van der Waals surface area contributed by atoms with E-state index in [2.05, 4.69) is 15.6 Å². The molecule has 0 saturated carbocycles. The number of hydrogen-bond acceptors (Lipinski definition) is 5. The standard InChI is InChI=1S/C17H15ClN4O2.ClH/c18-14-7-11(16-10-20-5-6-24-16)2-4-15(14)22-17(23)12-1-3-13(8-19)21-9-12;/h1-4,7,9,16,20H,5-6,10H2,(H,22,23);1H. The molecule has 0 radical (unpaired) electrons. The fraction of sp³-hybridized carbons (Fsp3) is 0.235. The number of halogens is 2. The molecule has 1 aromatic heterocycles. The SMILES string of the molecule is Cl.N#Cc1ccc(C(=O)Nc2ccc(C3CNCCO3)cc2Cl)cn1. The number of benzene rings is 1. The number of nitrogens with zero attached hydrogens (tertiary/aromatic N) is 2. The molecule has 8 heteroatoms. The van der Waals surface area contributed by atoms with Crippen molar-refractivity contribution in [1.29, 1.82) is 5.26 Å². The van der Waals surface area contributed by atoms with Gasteiger partial charge in [-0.3, -0.25) is 4.79 Å². The highest BCUT2D eigenvalue weighted by Gasteiger charge is 2.17. The van der Waals surface area contributed by atoms with Crippen molar-refractivity contribution < 1.29 is 9.53 Å². The predicted octanol–water partition coefficient (Wildman–Crippen LogP) is 2.94. The highest BCUT2D eigenvalue weighted by molar-refractivity contribution is 6.34. The number of hydrogen-bond donors (Lipinski definition) is 2. The molecule has 0 bridgehead atoms. The summed E-state index contributed by atoms with van der Waals surface area (Å²) in [5, 5.41) is 15.2. The Labute approximate surface area is 156 Å². The van der Waals surface area contributed by atoms with Crippen LogP contribution in [0.5, 0.6) is 0 Å². The van der Waals surface area contributed by atoms with Crippen LogP contribution in [0.2, 0.25) is 5.02 Å². The van der Waals surface area contributed by atoms with Crippen LogP contribution in [0.15, 0.2) is 36.5 Å². The zero-order chi connectivity index (χ0) is 16.9. The Morgan fingerprint density at radius 2 is 2.24 bits per heavy atom. The molecule has 3 rings (SSSR count). The van der Waals surface area contributed by atoms with Gasteiger partial charge in [0.2, 0.25) is 0 Å². The molecule has 1 unspecified atom stereocenters. The van der Waals surface area contributed by atoms with Gasteiger partial charge in [0, 0.05) is 19.3 Å². The van der Waals surface area contributed by atoms with Gasteiger partial charge in [-0.1, -0.05) is 17.7 Å². The molecule has 0 aliphatic carbocycles. The van der Waals surface area contributed by atoms with E-state index < -0.39 is 0 Å². The Kier molecular flexibility index (Phi) is 6.73. The van der Waals surface area contributed by atoms with Crippen LogP contribution in [0.25, 0.3) is 0 Å². The third-order valence-corrected chi connectivity index (χ3v) is 3.99. The Morgan fingerprint density at radius 1 is 1.40 bits per heavy atom. The summed E-state index contributed by atoms with van der Waals surface area (Å²) in [6.07, 6.45) is 1.32. The molecular formula is C17H16Cl2N4O2. The van der Waals surface area contributed by atoms with Gasteiger partial charge in [0.1, 0.15) is 11.8 Å². The number of anilines is 1. The van der Waals surface area contributed by atoms with Crippen molar-refractivity contribution in [1.82, 2.24) is 10.3 Å². The molecule has 6 nitrogen and oxygen atoms in total. The Hall–Kier alpha value is -2.17. The molecule has 1 aromatic carbocycles. The maximum Gasteiger partial charge on any atom is 0.257 e. The van der Waals surface area contributed by atoms with Crippen LogP contribution in [-0.4, -0.2) is 30.6 Å². The van der Waals surface area contributed by atoms with Gasteiger partial charge >= 0.3 is 0 Å². The molecule has 25 heavy (non-hydrogen) atoms. The number of aromatic nitrogens is 1. The minimum Gasteiger partial charge on any atom is -0.371 e. The lowest BCUT2D eigenvalue weighted by molar-refractivity contribution is 0.0277. The van der Waals surface area contributed by atoms with E-state index in [4.69, 9.17) is 21.6 Å². The third kappa shape index (κ3) is 4.68. The summed E-state index contributed by atoms with van der Waals surface area (Å²) in [7, 11) is 0. The largest absolute Gasteiger partial charge is 0.371 e. The van der Waals surface area contributed by atoms with Crippen molar-refractivity contribution in [3.8, 4) is 6.07 Å². The van der Waals surface area contributed by atoms with E-state index in [0.717, 1.165) is 18.7 Å². The summed E-state index contributed by atoms with van der Waals surface area (Å²) in [6.45, 7) is 2.24. The van der Waals surface area contributed by atoms with Gasteiger partial charge in [-0.15, -0.1) is 12.4 Å². The predicted molar refractivity (Wildman–Crippen MR) is 97.2 cm³/mol. The number of carbonyl (C=O) groups excluding carboxylic acids is 1. The van der Waals surface area contributed by atoms with Crippen molar-refractivity contribution in [2.75, 3.05) is 25.0 Å². The van der Waals surface area contributed by atoms with Crippen molar-refractivity contribution in [2.24, 2.45) is 0 Å². The molecule has 2 N–H and O–H groups in total. The number of amides is 1. The maximum atomic E-state index is 12.2. The number of ether oxygens (including phenoxy) is 1. The van der Waals surface area contributed by atoms with Crippen molar-refractivity contribution >= 4 is 35.6 Å². The van der Waals surface area contributed by atoms with Gasteiger partial charge in [-0.25, -0.2) is 4.98 Å². The van der Waals surface area contributed by atoms with Crippen LogP contribution < -0.4 is 10.6 Å². The van der Waals surface area contributed by atoms with Gasteiger partial charge in [-0.2, -0.15) is 5.26 Å². The van der Waals surface area contributed by atoms with E-state index >= 15 is 0 Å². The Bertz CT molecular complexity index is 784. The molecular weight excluding hydrogens is 363 g/mol. The molecule has 1 amide bonds. The molecule has 1 atom stereocenters. The molecule has 1 aliphatic rings. The molecule has 0 spiro atoms. The van der Waals surface area contributed by atoms with Crippen LogP contribution in [0.3, 0.4) is 0 Å². The highest BCUT2D eigenvalue weighted by atomic mass is 35.5. The van der Waals surface area contributed by atoms with Crippen LogP contribution in [0.1, 0.15) is 27.7 Å². The van der Waals surface area contributed by atoms with E-state index in [0.29, 0.717) is 22.9 Å². The lowest BCUT2D eigenvalue weighted by atomic mass is 10.1. The summed E-state index contributed by atoms with van der Waals surface area (Å²) >= 11 is 6.28. The van der Waals surface area contributed by atoms with Crippen LogP contribution >= 0.6 is 24.0 Å². The Balaban J connectivity index is 0.00000225. The number of pyridine rings is 1. The van der Waals surface area contributed by atoms with Crippen molar-refractivity contribution in [3.63, 3.8) is 0 Å². The molecule has 1 aliphatic heterocycles. The second-order valence-corrected chi connectivity index (χ2v) is 5.71. The summed E-state index contributed by atoms with van der Waals surface area (Å²) < 4.78 is 5.69. The highest BCUT2D eigenvalue weighted by Crippen LogP contribution is 2.28. The smallest absolute Gasteiger partial charge is 0.257 e. The van der Waals surface area contributed by atoms with E-state index in [1.807, 2.05) is 12.1 Å². The molecule has 130 valence electrons. The van der Waals surface area contributed by atoms with Crippen molar-refractivity contribution in [3.05, 3.63) is 58.4 Å². The second-order valence-electron chi connectivity index (χ2n) is 5.30. The quantitative estimate of drug-likeness (QED) is 0.856. The van der Waals surface area contributed by atoms with Crippen LogP contribution in [0.4, 0.5) is 5.69 Å². The first-order chi connectivity index (χ1) is 11.7. The summed E-state index contributed by atoms with van der Waals surface area (Å²) in [6, 6.07) is 10.4. The number of rotatable bonds is 3. The number of nitriles is 1. The third-order valence-electron chi connectivity index (χ3n) is 3.68. The fourth-order valence-electron chi connectivity index (χ4n) is 2.40. The fourth-order valence-corrected chi connectivity index (χ4v) is 2.64. The van der Waals surface area contributed by atoms with Gasteiger partial charge in [0.15, 0.2) is 0 Å². The van der Waals surface area contributed by atoms with Gasteiger partial charge < -0.3 is 15.4 Å². The summed E-state index contributed by atoms with van der Waals surface area (Å²) in [4.78, 5) is 16.1. The second kappa shape index (κ2) is 8.79. The zero-order valence-electron chi connectivity index (χ0n) is 13.2. The topological polar surface area (TPSA) is 87.0 Å². The summed E-state index contributed by atoms with van der Waals surface area (Å²) in [5.41, 5.74) is 2.09. The average molecular weight is 379 g/mol. The normalized spacial score (nSPS) is 16.4.